The van der Waals surface area contributed by atoms with Crippen LogP contribution in [0.15, 0.2) is 29.2 Å². The molecule has 0 aromatic heterocycles. The summed E-state index contributed by atoms with van der Waals surface area (Å²) in [6.07, 6.45) is 3.62. The number of hydrogen-bond donors (Lipinski definition) is 3. The third kappa shape index (κ3) is 8.22. The SMILES string of the molecule is CCC(C)C(NS(=O)(=O)c1ccc(C)cc1)C(=O)N1CCC(C(=O)NC(CCSC)C(=O)O)CC1. The van der Waals surface area contributed by atoms with Gasteiger partial charge in [-0.15, -0.1) is 0 Å². The van der Waals surface area contributed by atoms with Crippen LogP contribution in [-0.4, -0.2) is 73.4 Å². The van der Waals surface area contributed by atoms with E-state index in [4.69, 9.17) is 0 Å². The van der Waals surface area contributed by atoms with E-state index in [2.05, 4.69) is 10.0 Å². The summed E-state index contributed by atoms with van der Waals surface area (Å²) < 4.78 is 28.5. The van der Waals surface area contributed by atoms with E-state index in [1.165, 1.54) is 23.9 Å². The van der Waals surface area contributed by atoms with Crippen molar-refractivity contribution in [3.05, 3.63) is 29.8 Å². The molecule has 3 N–H and O–H groups in total. The summed E-state index contributed by atoms with van der Waals surface area (Å²) in [7, 11) is -3.89. The Bertz CT molecular complexity index is 975. The van der Waals surface area contributed by atoms with Crippen LogP contribution < -0.4 is 10.0 Å². The van der Waals surface area contributed by atoms with Gasteiger partial charge in [-0.25, -0.2) is 13.2 Å². The van der Waals surface area contributed by atoms with Gasteiger partial charge in [0.2, 0.25) is 21.8 Å². The van der Waals surface area contributed by atoms with E-state index in [1.54, 1.807) is 17.0 Å². The molecule has 9 nitrogen and oxygen atoms in total. The highest BCUT2D eigenvalue weighted by molar-refractivity contribution is 7.98. The van der Waals surface area contributed by atoms with Gasteiger partial charge in [0.1, 0.15) is 12.1 Å². The number of nitrogens with zero attached hydrogens (tertiary/aromatic N) is 1. The maximum absolute atomic E-state index is 13.3. The molecule has 2 rings (SSSR count). The van der Waals surface area contributed by atoms with Crippen molar-refractivity contribution >= 4 is 39.6 Å². The van der Waals surface area contributed by atoms with E-state index in [1.807, 2.05) is 27.0 Å². The number of piperidine rings is 1. The molecule has 0 saturated carbocycles. The standard InChI is InChI=1S/C24H37N3O6S2/c1-5-17(3)21(26-35(32,33)19-8-6-16(2)7-9-19)23(29)27-13-10-18(11-14-27)22(28)25-20(24(30)31)12-15-34-4/h6-9,17-18,20-21,26H,5,10-15H2,1-4H3,(H,25,28)(H,30,31). The Morgan fingerprint density at radius 1 is 1.17 bits per heavy atom. The lowest BCUT2D eigenvalue weighted by Crippen LogP contribution is -2.54. The van der Waals surface area contributed by atoms with Gasteiger partial charge in [0.15, 0.2) is 0 Å². The predicted octanol–water partition coefficient (Wildman–Crippen LogP) is 2.25. The second-order valence-corrected chi connectivity index (χ2v) is 11.8. The molecule has 1 saturated heterocycles. The Hall–Kier alpha value is -2.11. The van der Waals surface area contributed by atoms with E-state index in [0.29, 0.717) is 44.5 Å². The van der Waals surface area contributed by atoms with Crippen molar-refractivity contribution in [2.45, 2.75) is 63.4 Å². The topological polar surface area (TPSA) is 133 Å². The molecule has 35 heavy (non-hydrogen) atoms. The number of carbonyl (C=O) groups is 3. The Morgan fingerprint density at radius 3 is 2.29 bits per heavy atom. The van der Waals surface area contributed by atoms with Gasteiger partial charge in [0.25, 0.3) is 0 Å². The normalized spacial score (nSPS) is 17.4. The van der Waals surface area contributed by atoms with Gasteiger partial charge < -0.3 is 15.3 Å². The minimum Gasteiger partial charge on any atom is -0.480 e. The van der Waals surface area contributed by atoms with E-state index in [9.17, 15) is 27.9 Å². The Balaban J connectivity index is 2.03. The maximum Gasteiger partial charge on any atom is 0.326 e. The zero-order valence-electron chi connectivity index (χ0n) is 20.8. The molecule has 3 atom stereocenters. The first-order valence-corrected chi connectivity index (χ1v) is 14.8. The molecule has 0 aliphatic carbocycles. The van der Waals surface area contributed by atoms with E-state index in [-0.39, 0.29) is 28.5 Å². The highest BCUT2D eigenvalue weighted by Crippen LogP contribution is 2.22. The second-order valence-electron chi connectivity index (χ2n) is 9.08. The fraction of sp³-hybridized carbons (Fsp3) is 0.625. The summed E-state index contributed by atoms with van der Waals surface area (Å²) in [5, 5.41) is 12.0. The summed E-state index contributed by atoms with van der Waals surface area (Å²) in [4.78, 5) is 39.1. The van der Waals surface area contributed by atoms with Crippen LogP contribution in [0.2, 0.25) is 0 Å². The van der Waals surface area contributed by atoms with Crippen LogP contribution in [0.5, 0.6) is 0 Å². The van der Waals surface area contributed by atoms with E-state index >= 15 is 0 Å². The average molecular weight is 528 g/mol. The highest BCUT2D eigenvalue weighted by Gasteiger charge is 2.36. The van der Waals surface area contributed by atoms with Gasteiger partial charge in [-0.05, 0) is 56.2 Å². The van der Waals surface area contributed by atoms with Crippen LogP contribution in [0.4, 0.5) is 0 Å². The van der Waals surface area contributed by atoms with Gasteiger partial charge in [0.05, 0.1) is 4.90 Å². The molecule has 1 aromatic carbocycles. The largest absolute Gasteiger partial charge is 0.480 e. The van der Waals surface area contributed by atoms with Crippen molar-refractivity contribution in [3.8, 4) is 0 Å². The van der Waals surface area contributed by atoms with Crippen LogP contribution in [0.3, 0.4) is 0 Å². The number of aryl methyl sites for hydroxylation is 1. The van der Waals surface area contributed by atoms with Gasteiger partial charge in [-0.2, -0.15) is 16.5 Å². The summed E-state index contributed by atoms with van der Waals surface area (Å²) in [6, 6.07) is 4.61. The maximum atomic E-state index is 13.3. The van der Waals surface area contributed by atoms with Crippen LogP contribution in [0.25, 0.3) is 0 Å². The van der Waals surface area contributed by atoms with Crippen LogP contribution in [0.1, 0.15) is 45.1 Å². The summed E-state index contributed by atoms with van der Waals surface area (Å²) >= 11 is 1.52. The molecule has 0 bridgehead atoms. The molecule has 1 heterocycles. The molecule has 1 fully saturated rings. The van der Waals surface area contributed by atoms with Crippen molar-refractivity contribution in [1.82, 2.24) is 14.9 Å². The number of thioether (sulfide) groups is 1. The van der Waals surface area contributed by atoms with Gasteiger partial charge in [-0.3, -0.25) is 9.59 Å². The Labute approximate surface area is 212 Å². The number of rotatable bonds is 12. The first-order chi connectivity index (χ1) is 16.5. The number of carbonyl (C=O) groups excluding carboxylic acids is 2. The first-order valence-electron chi connectivity index (χ1n) is 11.9. The van der Waals surface area contributed by atoms with Crippen LogP contribution in [0, 0.1) is 18.8 Å². The fourth-order valence-corrected chi connectivity index (χ4v) is 5.71. The van der Waals surface area contributed by atoms with Crippen molar-refractivity contribution in [3.63, 3.8) is 0 Å². The molecular formula is C24H37N3O6S2. The number of hydrogen-bond acceptors (Lipinski definition) is 6. The Morgan fingerprint density at radius 2 is 1.77 bits per heavy atom. The van der Waals surface area contributed by atoms with E-state index in [0.717, 1.165) is 5.56 Å². The number of carboxylic acids is 1. The monoisotopic (exact) mass is 527 g/mol. The van der Waals surface area contributed by atoms with Crippen LogP contribution in [-0.2, 0) is 24.4 Å². The fourth-order valence-electron chi connectivity index (χ4n) is 3.94. The number of aliphatic carboxylic acids is 1. The lowest BCUT2D eigenvalue weighted by atomic mass is 9.93. The predicted molar refractivity (Wildman–Crippen MR) is 137 cm³/mol. The quantitative estimate of drug-likeness (QED) is 0.380. The minimum absolute atomic E-state index is 0.106. The molecule has 1 aliphatic rings. The number of likely N-dealkylation sites (tertiary alicyclic amines) is 1. The third-order valence-electron chi connectivity index (χ3n) is 6.50. The van der Waals surface area contributed by atoms with Gasteiger partial charge in [-0.1, -0.05) is 38.0 Å². The summed E-state index contributed by atoms with van der Waals surface area (Å²) in [6.45, 7) is 6.21. The van der Waals surface area contributed by atoms with Gasteiger partial charge in [0, 0.05) is 19.0 Å². The zero-order valence-corrected chi connectivity index (χ0v) is 22.5. The van der Waals surface area contributed by atoms with Crippen molar-refractivity contribution < 1.29 is 27.9 Å². The molecule has 0 spiro atoms. The molecule has 11 heteroatoms. The second kappa shape index (κ2) is 13.3. The first kappa shape index (κ1) is 29.1. The molecular weight excluding hydrogens is 490 g/mol. The Kier molecular flexibility index (Phi) is 11.0. The van der Waals surface area contributed by atoms with Gasteiger partial charge >= 0.3 is 5.97 Å². The average Bonchev–Trinajstić information content (AvgIpc) is 2.84. The highest BCUT2D eigenvalue weighted by atomic mass is 32.2. The number of benzene rings is 1. The van der Waals surface area contributed by atoms with Crippen molar-refractivity contribution in [1.29, 1.82) is 0 Å². The molecule has 196 valence electrons. The number of sulfonamides is 1. The minimum atomic E-state index is -3.89. The molecule has 0 radical (unpaired) electrons. The lowest BCUT2D eigenvalue weighted by molar-refractivity contribution is -0.143. The number of amides is 2. The van der Waals surface area contributed by atoms with Crippen LogP contribution >= 0.6 is 11.8 Å². The van der Waals surface area contributed by atoms with Crippen molar-refractivity contribution in [2.24, 2.45) is 11.8 Å². The molecule has 2 amide bonds. The molecule has 1 aromatic rings. The van der Waals surface area contributed by atoms with Crippen molar-refractivity contribution in [2.75, 3.05) is 25.1 Å². The smallest absolute Gasteiger partial charge is 0.326 e. The van der Waals surface area contributed by atoms with E-state index < -0.39 is 28.1 Å². The molecule has 1 aliphatic heterocycles. The molecule has 3 unspecified atom stereocenters. The summed E-state index contributed by atoms with van der Waals surface area (Å²) in [5.41, 5.74) is 0.935. The summed E-state index contributed by atoms with van der Waals surface area (Å²) in [5.74, 6) is -1.67. The number of nitrogens with one attached hydrogen (secondary N) is 2. The third-order valence-corrected chi connectivity index (χ3v) is 8.60. The lowest BCUT2D eigenvalue weighted by Gasteiger charge is -2.35. The number of carboxylic acid groups (broad SMARTS) is 1. The zero-order chi connectivity index (χ0) is 26.2.